The summed E-state index contributed by atoms with van der Waals surface area (Å²) in [4.78, 5) is 24.5. The van der Waals surface area contributed by atoms with Gasteiger partial charge < -0.3 is 11.5 Å². The molecule has 0 saturated carbocycles. The van der Waals surface area contributed by atoms with E-state index in [4.69, 9.17) is 11.5 Å². The van der Waals surface area contributed by atoms with Crippen molar-refractivity contribution in [1.82, 2.24) is 9.78 Å². The molecule has 1 aromatic heterocycles. The van der Waals surface area contributed by atoms with E-state index in [1.807, 2.05) is 0 Å². The highest BCUT2D eigenvalue weighted by atomic mass is 19.4. The van der Waals surface area contributed by atoms with Gasteiger partial charge in [0.2, 0.25) is 11.8 Å². The number of nitrogens with two attached hydrogens (primary N) is 2. The van der Waals surface area contributed by atoms with Crippen molar-refractivity contribution in [2.45, 2.75) is 31.2 Å². The Morgan fingerprint density at radius 2 is 1.73 bits per heavy atom. The molecule has 176 valence electrons. The minimum Gasteiger partial charge on any atom is -0.369 e. The maximum atomic E-state index is 13.3. The lowest BCUT2D eigenvalue weighted by Crippen LogP contribution is -2.51. The van der Waals surface area contributed by atoms with Crippen LogP contribution in [0.4, 0.5) is 26.3 Å². The van der Waals surface area contributed by atoms with Crippen LogP contribution in [0.15, 0.2) is 48.6 Å². The number of alkyl halides is 6. The second-order valence-corrected chi connectivity index (χ2v) is 7.57. The van der Waals surface area contributed by atoms with Gasteiger partial charge in [-0.3, -0.25) is 14.3 Å². The Morgan fingerprint density at radius 3 is 2.24 bits per heavy atom. The minimum atomic E-state index is -5.06. The van der Waals surface area contributed by atoms with Crippen molar-refractivity contribution in [3.8, 4) is 0 Å². The first-order valence-corrected chi connectivity index (χ1v) is 9.45. The summed E-state index contributed by atoms with van der Waals surface area (Å²) >= 11 is 0. The first-order chi connectivity index (χ1) is 15.2. The normalized spacial score (nSPS) is 20.8. The third kappa shape index (κ3) is 4.37. The van der Waals surface area contributed by atoms with Crippen LogP contribution in [-0.2, 0) is 33.9 Å². The number of carbonyl (C=O) groups is 2. The molecule has 12 heteroatoms. The van der Waals surface area contributed by atoms with Crippen LogP contribution in [0.3, 0.4) is 0 Å². The van der Waals surface area contributed by atoms with Crippen molar-refractivity contribution in [2.75, 3.05) is 0 Å². The van der Waals surface area contributed by atoms with E-state index in [0.29, 0.717) is 5.56 Å². The quantitative estimate of drug-likeness (QED) is 0.653. The average molecular weight is 472 g/mol. The number of nitrogens with zero attached hydrogens (tertiary/aromatic N) is 2. The van der Waals surface area contributed by atoms with E-state index in [1.165, 1.54) is 49.4 Å². The number of halogens is 6. The summed E-state index contributed by atoms with van der Waals surface area (Å²) in [7, 11) is 0. The molecule has 1 heterocycles. The van der Waals surface area contributed by atoms with Crippen LogP contribution < -0.4 is 11.5 Å². The number of allylic oxidation sites excluding steroid dienone is 2. The Balaban J connectivity index is 2.06. The molecule has 4 N–H and O–H groups in total. The summed E-state index contributed by atoms with van der Waals surface area (Å²) in [6, 6.07) is 4.04. The maximum Gasteiger partial charge on any atom is 0.435 e. The molecule has 0 radical (unpaired) electrons. The van der Waals surface area contributed by atoms with Gasteiger partial charge in [-0.15, -0.1) is 0 Å². The molecular formula is C21H18F6N4O2. The Kier molecular flexibility index (Phi) is 5.90. The molecule has 0 spiro atoms. The van der Waals surface area contributed by atoms with Crippen molar-refractivity contribution < 1.29 is 35.9 Å². The standard InChI is InChI=1S/C21H18F6N4O2/c1-11-8-12(10-31-16(21(25,26)27)9-15(30-31)20(22,23)24)5-6-13(11)19(18(29)33)7-3-2-4-14(19)17(28)32/h2-9,14H,10H2,1H3,(H2,28,32)(H2,29,33). The number of hydrogen-bond acceptors (Lipinski definition) is 3. The van der Waals surface area contributed by atoms with Crippen LogP contribution in [0.25, 0.3) is 0 Å². The topological polar surface area (TPSA) is 104 Å². The van der Waals surface area contributed by atoms with Crippen LogP contribution in [0.2, 0.25) is 0 Å². The van der Waals surface area contributed by atoms with E-state index in [1.54, 1.807) is 0 Å². The maximum absolute atomic E-state index is 13.3. The smallest absolute Gasteiger partial charge is 0.369 e. The number of carbonyl (C=O) groups excluding carboxylic acids is 2. The third-order valence-corrected chi connectivity index (χ3v) is 5.41. The van der Waals surface area contributed by atoms with Gasteiger partial charge in [-0.1, -0.05) is 42.5 Å². The molecule has 33 heavy (non-hydrogen) atoms. The molecule has 2 unspecified atom stereocenters. The first-order valence-electron chi connectivity index (χ1n) is 9.45. The zero-order valence-electron chi connectivity index (χ0n) is 17.0. The summed E-state index contributed by atoms with van der Waals surface area (Å²) in [5.74, 6) is -2.80. The van der Waals surface area contributed by atoms with Crippen molar-refractivity contribution in [3.05, 3.63) is 76.6 Å². The van der Waals surface area contributed by atoms with Crippen molar-refractivity contribution >= 4 is 11.8 Å². The van der Waals surface area contributed by atoms with Crippen LogP contribution in [-0.4, -0.2) is 21.6 Å². The third-order valence-electron chi connectivity index (χ3n) is 5.41. The predicted molar refractivity (Wildman–Crippen MR) is 104 cm³/mol. The number of aromatic nitrogens is 2. The fraction of sp³-hybridized carbons (Fsp3) is 0.286. The molecule has 2 aromatic rings. The van der Waals surface area contributed by atoms with E-state index in [9.17, 15) is 35.9 Å². The van der Waals surface area contributed by atoms with E-state index >= 15 is 0 Å². The summed E-state index contributed by atoms with van der Waals surface area (Å²) in [5, 5.41) is 3.08. The highest BCUT2D eigenvalue weighted by molar-refractivity contribution is 5.97. The number of amides is 2. The second-order valence-electron chi connectivity index (χ2n) is 7.57. The molecule has 6 nitrogen and oxygen atoms in total. The molecule has 1 aliphatic rings. The fourth-order valence-corrected chi connectivity index (χ4v) is 3.95. The average Bonchev–Trinajstić information content (AvgIpc) is 3.12. The van der Waals surface area contributed by atoms with Gasteiger partial charge in [0, 0.05) is 6.07 Å². The van der Waals surface area contributed by atoms with E-state index in [2.05, 4.69) is 5.10 Å². The second kappa shape index (κ2) is 8.09. The Labute approximate surface area is 183 Å². The van der Waals surface area contributed by atoms with Crippen LogP contribution in [0.5, 0.6) is 0 Å². The Morgan fingerprint density at radius 1 is 1.06 bits per heavy atom. The lowest BCUT2D eigenvalue weighted by molar-refractivity contribution is -0.144. The van der Waals surface area contributed by atoms with E-state index < -0.39 is 53.4 Å². The molecule has 2 amide bonds. The van der Waals surface area contributed by atoms with Crippen LogP contribution >= 0.6 is 0 Å². The molecule has 0 fully saturated rings. The molecule has 0 aliphatic heterocycles. The van der Waals surface area contributed by atoms with Crippen molar-refractivity contribution in [3.63, 3.8) is 0 Å². The first kappa shape index (κ1) is 24.1. The highest BCUT2D eigenvalue weighted by Crippen LogP contribution is 2.40. The van der Waals surface area contributed by atoms with E-state index in [0.717, 1.165) is 0 Å². The Hall–Kier alpha value is -3.57. The molecule has 0 saturated heterocycles. The summed E-state index contributed by atoms with van der Waals surface area (Å²) in [6.45, 7) is 0.910. The molecule has 0 bridgehead atoms. The molecule has 1 aromatic carbocycles. The van der Waals surface area contributed by atoms with Gasteiger partial charge in [0.25, 0.3) is 0 Å². The lowest BCUT2D eigenvalue weighted by Gasteiger charge is -2.35. The van der Waals surface area contributed by atoms with Gasteiger partial charge in [-0.25, -0.2) is 0 Å². The molecular weight excluding hydrogens is 454 g/mol. The summed E-state index contributed by atoms with van der Waals surface area (Å²) in [5.41, 5.74) is 7.07. The molecule has 1 aliphatic carbocycles. The Bertz CT molecular complexity index is 1160. The summed E-state index contributed by atoms with van der Waals surface area (Å²) < 4.78 is 78.7. The monoisotopic (exact) mass is 472 g/mol. The van der Waals surface area contributed by atoms with Crippen LogP contribution in [0.1, 0.15) is 28.1 Å². The fourth-order valence-electron chi connectivity index (χ4n) is 3.95. The van der Waals surface area contributed by atoms with Crippen molar-refractivity contribution in [2.24, 2.45) is 17.4 Å². The number of rotatable bonds is 5. The number of aryl methyl sites for hydroxylation is 1. The van der Waals surface area contributed by atoms with Gasteiger partial charge in [0.1, 0.15) is 11.1 Å². The van der Waals surface area contributed by atoms with Gasteiger partial charge in [-0.2, -0.15) is 31.4 Å². The number of benzene rings is 1. The van der Waals surface area contributed by atoms with Gasteiger partial charge in [0.15, 0.2) is 5.69 Å². The number of primary amides is 2. The minimum absolute atomic E-state index is 0.0556. The lowest BCUT2D eigenvalue weighted by atomic mass is 9.66. The number of hydrogen-bond donors (Lipinski definition) is 2. The zero-order chi connectivity index (χ0) is 24.8. The van der Waals surface area contributed by atoms with Crippen LogP contribution in [0, 0.1) is 12.8 Å². The predicted octanol–water partition coefficient (Wildman–Crippen LogP) is 3.23. The zero-order valence-corrected chi connectivity index (χ0v) is 17.0. The molecule has 3 rings (SSSR count). The SMILES string of the molecule is Cc1cc(Cn2nc(C(F)(F)F)cc2C(F)(F)F)ccc1C1(C(N)=O)C=CC=CC1C(N)=O. The van der Waals surface area contributed by atoms with Gasteiger partial charge in [0.05, 0.1) is 12.5 Å². The largest absolute Gasteiger partial charge is 0.435 e. The van der Waals surface area contributed by atoms with Gasteiger partial charge >= 0.3 is 12.4 Å². The van der Waals surface area contributed by atoms with Gasteiger partial charge in [-0.05, 0) is 23.6 Å². The van der Waals surface area contributed by atoms with Crippen molar-refractivity contribution in [1.29, 1.82) is 0 Å². The highest BCUT2D eigenvalue weighted by Gasteiger charge is 2.47. The van der Waals surface area contributed by atoms with E-state index in [-0.39, 0.29) is 21.9 Å². The molecule has 2 atom stereocenters. The summed E-state index contributed by atoms with van der Waals surface area (Å²) in [6.07, 6.45) is -4.25.